The molecule has 1 aliphatic carbocycles. The summed E-state index contributed by atoms with van der Waals surface area (Å²) in [4.78, 5) is 27.6. The number of rotatable bonds is 5. The quantitative estimate of drug-likeness (QED) is 0.555. The van der Waals surface area contributed by atoms with Gasteiger partial charge in [0.2, 0.25) is 0 Å². The highest BCUT2D eigenvalue weighted by molar-refractivity contribution is 6.10. The average Bonchev–Trinajstić information content (AvgIpc) is 3.15. The molecule has 1 heterocycles. The second-order valence-electron chi connectivity index (χ2n) is 8.14. The molecule has 0 fully saturated rings. The van der Waals surface area contributed by atoms with Crippen LogP contribution in [0.2, 0.25) is 0 Å². The second kappa shape index (κ2) is 9.32. The van der Waals surface area contributed by atoms with E-state index in [1.54, 1.807) is 4.90 Å². The number of carbonyl (C=O) groups excluding carboxylic acids is 2. The summed E-state index contributed by atoms with van der Waals surface area (Å²) in [6, 6.07) is 13.8. The van der Waals surface area contributed by atoms with Crippen LogP contribution in [0.5, 0.6) is 5.75 Å². The Bertz CT molecular complexity index is 1220. The molecule has 0 saturated carbocycles. The van der Waals surface area contributed by atoms with Gasteiger partial charge in [-0.25, -0.2) is 5.43 Å². The second-order valence-corrected chi connectivity index (χ2v) is 8.14. The van der Waals surface area contributed by atoms with Crippen molar-refractivity contribution in [3.05, 3.63) is 82.3 Å². The Balaban J connectivity index is 1.62. The van der Waals surface area contributed by atoms with Gasteiger partial charge < -0.3 is 14.4 Å². The lowest BCUT2D eigenvalue weighted by Crippen LogP contribution is -2.31. The van der Waals surface area contributed by atoms with E-state index < -0.39 is 0 Å². The van der Waals surface area contributed by atoms with Crippen molar-refractivity contribution in [1.82, 2.24) is 5.43 Å². The fraction of sp³-hybridized carbons (Fsp3) is 0.269. The minimum atomic E-state index is -0.372. The number of amides is 2. The minimum Gasteiger partial charge on any atom is -0.508 e. The summed E-state index contributed by atoms with van der Waals surface area (Å²) in [6.45, 7) is 6.30. The monoisotopic (exact) mass is 445 g/mol. The summed E-state index contributed by atoms with van der Waals surface area (Å²) in [6.07, 6.45) is 2.20. The van der Waals surface area contributed by atoms with Crippen molar-refractivity contribution in [3.63, 3.8) is 0 Å². The van der Waals surface area contributed by atoms with Crippen molar-refractivity contribution in [2.75, 3.05) is 11.4 Å². The molecule has 7 heteroatoms. The normalized spacial score (nSPS) is 14.1. The summed E-state index contributed by atoms with van der Waals surface area (Å²) in [5, 5.41) is 13.8. The van der Waals surface area contributed by atoms with Gasteiger partial charge in [0, 0.05) is 35.3 Å². The van der Waals surface area contributed by atoms with E-state index in [4.69, 9.17) is 4.42 Å². The molecule has 4 rings (SSSR count). The minimum absolute atomic E-state index is 0.0905. The predicted molar refractivity (Wildman–Crippen MR) is 127 cm³/mol. The van der Waals surface area contributed by atoms with Crippen LogP contribution in [0.1, 0.15) is 63.1 Å². The summed E-state index contributed by atoms with van der Waals surface area (Å²) >= 11 is 0. The van der Waals surface area contributed by atoms with Gasteiger partial charge in [-0.05, 0) is 75.6 Å². The Morgan fingerprint density at radius 3 is 2.58 bits per heavy atom. The number of phenolic OH excluding ortho intramolecular Hbond substituents is 1. The first-order valence-corrected chi connectivity index (χ1v) is 11.1. The lowest BCUT2D eigenvalue weighted by molar-refractivity contribution is 0.0949. The van der Waals surface area contributed by atoms with Crippen LogP contribution in [0, 0.1) is 13.8 Å². The Morgan fingerprint density at radius 2 is 1.88 bits per heavy atom. The third-order valence-corrected chi connectivity index (χ3v) is 5.82. The zero-order chi connectivity index (χ0) is 23.5. The van der Waals surface area contributed by atoms with Crippen LogP contribution in [0.15, 0.2) is 58.0 Å². The van der Waals surface area contributed by atoms with Crippen molar-refractivity contribution in [2.24, 2.45) is 5.10 Å². The third-order valence-electron chi connectivity index (χ3n) is 5.82. The Hall–Kier alpha value is -3.87. The number of hydrogen-bond acceptors (Lipinski definition) is 5. The van der Waals surface area contributed by atoms with Gasteiger partial charge in [-0.1, -0.05) is 12.1 Å². The van der Waals surface area contributed by atoms with Crippen LogP contribution in [0.25, 0.3) is 0 Å². The molecular weight excluding hydrogens is 418 g/mol. The van der Waals surface area contributed by atoms with E-state index in [1.807, 2.05) is 45.0 Å². The molecule has 2 aromatic carbocycles. The third kappa shape index (κ3) is 4.53. The molecule has 1 aromatic heterocycles. The number of benzene rings is 2. The largest absolute Gasteiger partial charge is 0.508 e. The zero-order valence-corrected chi connectivity index (χ0v) is 19.0. The van der Waals surface area contributed by atoms with Gasteiger partial charge in [-0.15, -0.1) is 0 Å². The molecule has 7 nitrogen and oxygen atoms in total. The Morgan fingerprint density at radius 1 is 1.12 bits per heavy atom. The van der Waals surface area contributed by atoms with Crippen LogP contribution in [0.3, 0.4) is 0 Å². The highest BCUT2D eigenvalue weighted by Crippen LogP contribution is 2.31. The lowest BCUT2D eigenvalue weighted by Gasteiger charge is -2.20. The van der Waals surface area contributed by atoms with Crippen molar-refractivity contribution in [1.29, 1.82) is 0 Å². The van der Waals surface area contributed by atoms with E-state index in [-0.39, 0.29) is 17.6 Å². The van der Waals surface area contributed by atoms with Crippen LogP contribution in [-0.2, 0) is 6.42 Å². The van der Waals surface area contributed by atoms with Crippen molar-refractivity contribution in [3.8, 4) is 5.75 Å². The molecule has 170 valence electrons. The molecule has 3 aromatic rings. The Kier molecular flexibility index (Phi) is 6.31. The number of nitrogens with one attached hydrogen (secondary N) is 1. The fourth-order valence-corrected chi connectivity index (χ4v) is 4.14. The topological polar surface area (TPSA) is 95.1 Å². The maximum Gasteiger partial charge on any atom is 0.294 e. The van der Waals surface area contributed by atoms with Crippen molar-refractivity contribution in [2.45, 2.75) is 40.0 Å². The van der Waals surface area contributed by atoms with Crippen LogP contribution >= 0.6 is 0 Å². The van der Waals surface area contributed by atoms with Gasteiger partial charge in [-0.2, -0.15) is 5.10 Å². The van der Waals surface area contributed by atoms with E-state index in [2.05, 4.69) is 10.5 Å². The SMILES string of the molecule is CCN(C(=O)c1oc2c(c1C)/C(=N/NC(=O)c1ccc(O)cc1)CCC2)c1cccc(C)c1. The van der Waals surface area contributed by atoms with Gasteiger partial charge in [-0.3, -0.25) is 9.59 Å². The van der Waals surface area contributed by atoms with Gasteiger partial charge in [0.25, 0.3) is 11.8 Å². The van der Waals surface area contributed by atoms with E-state index in [1.165, 1.54) is 24.3 Å². The molecule has 0 radical (unpaired) electrons. The summed E-state index contributed by atoms with van der Waals surface area (Å²) in [5.41, 5.74) is 7.12. The van der Waals surface area contributed by atoms with E-state index >= 15 is 0 Å². The van der Waals surface area contributed by atoms with Crippen LogP contribution in [0.4, 0.5) is 5.69 Å². The summed E-state index contributed by atoms with van der Waals surface area (Å²) < 4.78 is 6.06. The fourth-order valence-electron chi connectivity index (χ4n) is 4.14. The molecule has 33 heavy (non-hydrogen) atoms. The number of furan rings is 1. The molecule has 0 saturated heterocycles. The first-order valence-electron chi connectivity index (χ1n) is 11.1. The van der Waals surface area contributed by atoms with E-state index in [0.29, 0.717) is 36.4 Å². The first-order chi connectivity index (χ1) is 15.9. The number of aryl methyl sites for hydroxylation is 2. The zero-order valence-electron chi connectivity index (χ0n) is 19.0. The lowest BCUT2D eigenvalue weighted by atomic mass is 9.93. The van der Waals surface area contributed by atoms with Gasteiger partial charge >= 0.3 is 0 Å². The number of carbonyl (C=O) groups is 2. The maximum absolute atomic E-state index is 13.4. The number of hydrogen-bond donors (Lipinski definition) is 2. The molecule has 0 aliphatic heterocycles. The molecule has 2 N–H and O–H groups in total. The molecule has 0 atom stereocenters. The maximum atomic E-state index is 13.4. The molecule has 0 unspecified atom stereocenters. The smallest absolute Gasteiger partial charge is 0.294 e. The van der Waals surface area contributed by atoms with Crippen LogP contribution in [-0.4, -0.2) is 29.2 Å². The summed E-state index contributed by atoms with van der Waals surface area (Å²) in [5.74, 6) is 0.557. The molecule has 1 aliphatic rings. The first kappa shape index (κ1) is 22.3. The number of aromatic hydroxyl groups is 1. The van der Waals surface area contributed by atoms with Crippen molar-refractivity contribution >= 4 is 23.2 Å². The average molecular weight is 446 g/mol. The standard InChI is InChI=1S/C26H27N3O4/c1-4-29(19-8-5-7-16(2)15-19)26(32)24-17(3)23-21(9-6-10-22(23)33-24)27-28-25(31)18-11-13-20(30)14-12-18/h5,7-8,11-15,30H,4,6,9-10H2,1-3H3,(H,28,31)/b27-21+. The number of hydrazone groups is 1. The number of fused-ring (bicyclic) bond motifs is 1. The summed E-state index contributed by atoms with van der Waals surface area (Å²) in [7, 11) is 0. The highest BCUT2D eigenvalue weighted by atomic mass is 16.4. The van der Waals surface area contributed by atoms with Crippen molar-refractivity contribution < 1.29 is 19.1 Å². The van der Waals surface area contributed by atoms with Gasteiger partial charge in [0.15, 0.2) is 5.76 Å². The highest BCUT2D eigenvalue weighted by Gasteiger charge is 2.30. The number of phenols is 1. The van der Waals surface area contributed by atoms with E-state index in [0.717, 1.165) is 34.6 Å². The van der Waals surface area contributed by atoms with E-state index in [9.17, 15) is 14.7 Å². The molecule has 0 spiro atoms. The molecule has 0 bridgehead atoms. The Labute approximate surface area is 192 Å². The van der Waals surface area contributed by atoms with Crippen LogP contribution < -0.4 is 10.3 Å². The molecular formula is C26H27N3O4. The predicted octanol–water partition coefficient (Wildman–Crippen LogP) is 4.74. The number of nitrogens with zero attached hydrogens (tertiary/aromatic N) is 2. The van der Waals surface area contributed by atoms with Gasteiger partial charge in [0.1, 0.15) is 11.5 Å². The van der Waals surface area contributed by atoms with Gasteiger partial charge in [0.05, 0.1) is 5.71 Å². The molecule has 2 amide bonds. The number of anilines is 1.